The number of ether oxygens (including phenoxy) is 2. The molecule has 24 heavy (non-hydrogen) atoms. The van der Waals surface area contributed by atoms with Crippen LogP contribution in [0.25, 0.3) is 0 Å². The number of carbonyl (C=O) groups is 2. The lowest BCUT2D eigenvalue weighted by Gasteiger charge is -2.11. The molecule has 0 aromatic heterocycles. The molecular weight excluding hydrogens is 334 g/mol. The molecule has 0 fully saturated rings. The fraction of sp³-hybridized carbons (Fsp3) is 0.176. The smallest absolute Gasteiger partial charge is 0.344 e. The van der Waals surface area contributed by atoms with Crippen LogP contribution in [0.1, 0.15) is 17.3 Å². The summed E-state index contributed by atoms with van der Waals surface area (Å²) in [5.41, 5.74) is 0.933. The molecule has 2 rings (SSSR count). The highest BCUT2D eigenvalue weighted by Crippen LogP contribution is 2.27. The summed E-state index contributed by atoms with van der Waals surface area (Å²) in [4.78, 5) is 22.9. The van der Waals surface area contributed by atoms with E-state index in [1.807, 2.05) is 0 Å². The number of amides is 1. The summed E-state index contributed by atoms with van der Waals surface area (Å²) in [6.07, 6.45) is -0.967. The van der Waals surface area contributed by atoms with E-state index in [0.717, 1.165) is 0 Å². The minimum absolute atomic E-state index is 0.325. The summed E-state index contributed by atoms with van der Waals surface area (Å²) >= 11 is 6.01. The van der Waals surface area contributed by atoms with Gasteiger partial charge in [0.2, 0.25) is 0 Å². The van der Waals surface area contributed by atoms with Gasteiger partial charge >= 0.3 is 5.97 Å². The molecule has 0 radical (unpaired) electrons. The van der Waals surface area contributed by atoms with E-state index in [1.54, 1.807) is 30.3 Å². The fourth-order valence-electron chi connectivity index (χ4n) is 1.89. The molecule has 0 unspecified atom stereocenters. The van der Waals surface area contributed by atoms with Crippen LogP contribution in [0.2, 0.25) is 5.02 Å². The number of aliphatic carboxylic acids is 1. The number of carboxylic acids is 1. The normalized spacial score (nSPS) is 11.5. The highest BCUT2D eigenvalue weighted by molar-refractivity contribution is 6.32. The maximum Gasteiger partial charge on any atom is 0.344 e. The average Bonchev–Trinajstić information content (AvgIpc) is 2.55. The highest BCUT2D eigenvalue weighted by atomic mass is 35.5. The standard InChI is InChI=1S/C17H16ClNO5/c1-10(17(21)22)24-13-6-3-11(4-7-13)16(20)19-12-5-8-15(23-2)14(18)9-12/h3-10H,1-2H3,(H,19,20)(H,21,22)/t10-/m1/s1. The average molecular weight is 350 g/mol. The number of halogens is 1. The zero-order chi connectivity index (χ0) is 17.7. The maximum absolute atomic E-state index is 12.2. The van der Waals surface area contributed by atoms with Crippen LogP contribution in [0, 0.1) is 0 Å². The van der Waals surface area contributed by atoms with Gasteiger partial charge in [-0.15, -0.1) is 0 Å². The topological polar surface area (TPSA) is 84.9 Å². The molecular formula is C17H16ClNO5. The Bertz CT molecular complexity index is 745. The van der Waals surface area contributed by atoms with Crippen molar-refractivity contribution in [3.8, 4) is 11.5 Å². The Hall–Kier alpha value is -2.73. The van der Waals surface area contributed by atoms with Crippen molar-refractivity contribution in [2.24, 2.45) is 0 Å². The van der Waals surface area contributed by atoms with E-state index >= 15 is 0 Å². The Morgan fingerprint density at radius 3 is 2.38 bits per heavy atom. The zero-order valence-corrected chi connectivity index (χ0v) is 13.8. The fourth-order valence-corrected chi connectivity index (χ4v) is 2.14. The van der Waals surface area contributed by atoms with Gasteiger partial charge in [0.1, 0.15) is 11.5 Å². The molecule has 0 aliphatic rings. The molecule has 0 aliphatic heterocycles. The number of hydrogen-bond donors (Lipinski definition) is 2. The van der Waals surface area contributed by atoms with Gasteiger partial charge in [0.05, 0.1) is 12.1 Å². The van der Waals surface area contributed by atoms with Gasteiger partial charge in [-0.05, 0) is 49.4 Å². The van der Waals surface area contributed by atoms with E-state index in [-0.39, 0.29) is 5.91 Å². The Morgan fingerprint density at radius 2 is 1.83 bits per heavy atom. The van der Waals surface area contributed by atoms with Crippen LogP contribution in [0.3, 0.4) is 0 Å². The monoisotopic (exact) mass is 349 g/mol. The summed E-state index contributed by atoms with van der Waals surface area (Å²) < 4.78 is 10.3. The predicted octanol–water partition coefficient (Wildman–Crippen LogP) is 3.45. The molecule has 0 aliphatic carbocycles. The number of carboxylic acid groups (broad SMARTS) is 1. The number of hydrogen-bond acceptors (Lipinski definition) is 4. The summed E-state index contributed by atoms with van der Waals surface area (Å²) in [7, 11) is 1.51. The quantitative estimate of drug-likeness (QED) is 0.834. The van der Waals surface area contributed by atoms with Crippen molar-refractivity contribution in [2.75, 3.05) is 12.4 Å². The summed E-state index contributed by atoms with van der Waals surface area (Å²) in [5.74, 6) is -0.500. The third kappa shape index (κ3) is 4.39. The molecule has 2 N–H and O–H groups in total. The Kier molecular flexibility index (Phi) is 5.65. The number of anilines is 1. The predicted molar refractivity (Wildman–Crippen MR) is 90.1 cm³/mol. The van der Waals surface area contributed by atoms with Crippen LogP contribution in [-0.2, 0) is 4.79 Å². The van der Waals surface area contributed by atoms with Gasteiger partial charge in [-0.2, -0.15) is 0 Å². The van der Waals surface area contributed by atoms with Gasteiger partial charge in [0, 0.05) is 11.3 Å². The molecule has 1 amide bonds. The van der Waals surface area contributed by atoms with Crippen molar-refractivity contribution in [3.05, 3.63) is 53.1 Å². The molecule has 126 valence electrons. The minimum Gasteiger partial charge on any atom is -0.495 e. The van der Waals surface area contributed by atoms with Crippen LogP contribution in [0.15, 0.2) is 42.5 Å². The minimum atomic E-state index is -1.06. The van der Waals surface area contributed by atoms with Gasteiger partial charge in [-0.3, -0.25) is 4.79 Å². The summed E-state index contributed by atoms with van der Waals surface area (Å²) in [6, 6.07) is 11.1. The second-order valence-electron chi connectivity index (χ2n) is 4.93. The summed E-state index contributed by atoms with van der Waals surface area (Å²) in [6.45, 7) is 1.43. The SMILES string of the molecule is COc1ccc(NC(=O)c2ccc(O[C@H](C)C(=O)O)cc2)cc1Cl. The molecule has 0 heterocycles. The molecule has 0 spiro atoms. The molecule has 0 saturated heterocycles. The molecule has 7 heteroatoms. The molecule has 0 saturated carbocycles. The van der Waals surface area contributed by atoms with E-state index in [4.69, 9.17) is 26.2 Å². The Labute approximate surface area is 144 Å². The van der Waals surface area contributed by atoms with E-state index in [0.29, 0.717) is 27.8 Å². The first-order valence-corrected chi connectivity index (χ1v) is 7.43. The van der Waals surface area contributed by atoms with E-state index in [1.165, 1.54) is 26.2 Å². The van der Waals surface area contributed by atoms with Crippen molar-refractivity contribution in [2.45, 2.75) is 13.0 Å². The van der Waals surface area contributed by atoms with Crippen LogP contribution >= 0.6 is 11.6 Å². The van der Waals surface area contributed by atoms with Gasteiger partial charge in [0.25, 0.3) is 5.91 Å². The number of benzene rings is 2. The van der Waals surface area contributed by atoms with Crippen LogP contribution in [0.5, 0.6) is 11.5 Å². The molecule has 2 aromatic rings. The van der Waals surface area contributed by atoms with Crippen molar-refractivity contribution >= 4 is 29.2 Å². The number of methoxy groups -OCH3 is 1. The van der Waals surface area contributed by atoms with Gasteiger partial charge in [-0.25, -0.2) is 4.79 Å². The van der Waals surface area contributed by atoms with E-state index in [9.17, 15) is 9.59 Å². The number of nitrogens with one attached hydrogen (secondary N) is 1. The largest absolute Gasteiger partial charge is 0.495 e. The summed E-state index contributed by atoms with van der Waals surface area (Å²) in [5, 5.41) is 11.9. The Morgan fingerprint density at radius 1 is 1.17 bits per heavy atom. The number of rotatable bonds is 6. The van der Waals surface area contributed by atoms with Gasteiger partial charge in [0.15, 0.2) is 6.10 Å². The maximum atomic E-state index is 12.2. The van der Waals surface area contributed by atoms with Gasteiger partial charge in [-0.1, -0.05) is 11.6 Å². The first kappa shape index (κ1) is 17.6. The molecule has 2 aromatic carbocycles. The third-order valence-electron chi connectivity index (χ3n) is 3.19. The van der Waals surface area contributed by atoms with Crippen molar-refractivity contribution in [1.29, 1.82) is 0 Å². The first-order chi connectivity index (χ1) is 11.4. The van der Waals surface area contributed by atoms with Crippen LogP contribution in [-0.4, -0.2) is 30.2 Å². The van der Waals surface area contributed by atoms with Crippen LogP contribution in [0.4, 0.5) is 5.69 Å². The Balaban J connectivity index is 2.05. The number of carbonyl (C=O) groups excluding carboxylic acids is 1. The lowest BCUT2D eigenvalue weighted by Crippen LogP contribution is -2.22. The van der Waals surface area contributed by atoms with E-state index < -0.39 is 12.1 Å². The van der Waals surface area contributed by atoms with Crippen molar-refractivity contribution < 1.29 is 24.2 Å². The van der Waals surface area contributed by atoms with E-state index in [2.05, 4.69) is 5.32 Å². The molecule has 1 atom stereocenters. The highest BCUT2D eigenvalue weighted by Gasteiger charge is 2.13. The molecule has 0 bridgehead atoms. The van der Waals surface area contributed by atoms with Crippen molar-refractivity contribution in [3.63, 3.8) is 0 Å². The lowest BCUT2D eigenvalue weighted by atomic mass is 10.2. The lowest BCUT2D eigenvalue weighted by molar-refractivity contribution is -0.144. The second-order valence-corrected chi connectivity index (χ2v) is 5.33. The van der Waals surface area contributed by atoms with Gasteiger partial charge < -0.3 is 19.9 Å². The third-order valence-corrected chi connectivity index (χ3v) is 3.48. The van der Waals surface area contributed by atoms with Crippen LogP contribution < -0.4 is 14.8 Å². The first-order valence-electron chi connectivity index (χ1n) is 7.05. The zero-order valence-electron chi connectivity index (χ0n) is 13.1. The second kappa shape index (κ2) is 7.70. The molecule has 6 nitrogen and oxygen atoms in total. The van der Waals surface area contributed by atoms with Crippen molar-refractivity contribution in [1.82, 2.24) is 0 Å².